The van der Waals surface area contributed by atoms with Crippen LogP contribution < -0.4 is 5.32 Å². The van der Waals surface area contributed by atoms with E-state index in [0.717, 1.165) is 25.3 Å². The van der Waals surface area contributed by atoms with Crippen LogP contribution in [0.1, 0.15) is 9.75 Å². The van der Waals surface area contributed by atoms with Gasteiger partial charge in [0.1, 0.15) is 0 Å². The van der Waals surface area contributed by atoms with Crippen molar-refractivity contribution < 1.29 is 0 Å². The summed E-state index contributed by atoms with van der Waals surface area (Å²) in [4.78, 5) is 4.61. The van der Waals surface area contributed by atoms with Gasteiger partial charge in [-0.1, -0.05) is 12.5 Å². The van der Waals surface area contributed by atoms with Crippen LogP contribution >= 0.6 is 11.3 Å². The summed E-state index contributed by atoms with van der Waals surface area (Å²) in [5.74, 6) is 3.14. The third-order valence-corrected chi connectivity index (χ3v) is 4.40. The van der Waals surface area contributed by atoms with Gasteiger partial charge in [0.15, 0.2) is 0 Å². The van der Waals surface area contributed by atoms with Crippen molar-refractivity contribution >= 4 is 17.0 Å². The Morgan fingerprint density at radius 2 is 2.14 bits per heavy atom. The van der Waals surface area contributed by atoms with E-state index in [9.17, 15) is 0 Å². The van der Waals surface area contributed by atoms with Crippen molar-refractivity contribution in [2.45, 2.75) is 13.0 Å². The van der Waals surface area contributed by atoms with Crippen LogP contribution in [0.15, 0.2) is 18.7 Å². The highest BCUT2D eigenvalue weighted by Crippen LogP contribution is 2.22. The number of nitrogens with one attached hydrogen (secondary N) is 1. The fourth-order valence-corrected chi connectivity index (χ4v) is 2.89. The second kappa shape index (κ2) is 6.99. The molecule has 1 fully saturated rings. The van der Waals surface area contributed by atoms with Crippen LogP contribution in [-0.4, -0.2) is 61.7 Å². The Labute approximate surface area is 132 Å². The van der Waals surface area contributed by atoms with Crippen molar-refractivity contribution in [2.75, 3.05) is 40.8 Å². The Bertz CT molecular complexity index is 546. The molecule has 0 amide bonds. The van der Waals surface area contributed by atoms with Gasteiger partial charge in [0.25, 0.3) is 0 Å². The Morgan fingerprint density at radius 3 is 2.71 bits per heavy atom. The molecule has 0 atom stereocenters. The number of aryl methyl sites for hydroxylation is 1. The van der Waals surface area contributed by atoms with Gasteiger partial charge >= 0.3 is 0 Å². The van der Waals surface area contributed by atoms with Gasteiger partial charge in [-0.15, -0.1) is 11.3 Å². The zero-order valence-corrected chi connectivity index (χ0v) is 14.1. The van der Waals surface area contributed by atoms with Crippen molar-refractivity contribution in [1.29, 1.82) is 0 Å². The van der Waals surface area contributed by atoms with Gasteiger partial charge in [0.2, 0.25) is 0 Å². The molecule has 114 valence electrons. The molecule has 1 aliphatic heterocycles. The second-order valence-corrected chi connectivity index (χ2v) is 6.94. The van der Waals surface area contributed by atoms with Crippen LogP contribution in [-0.2, 0) is 0 Å². The van der Waals surface area contributed by atoms with E-state index < -0.39 is 0 Å². The average Bonchev–Trinajstić information content (AvgIpc) is 2.79. The predicted octanol–water partition coefficient (Wildman–Crippen LogP) is 1.67. The molecule has 1 saturated heterocycles. The molecule has 0 aliphatic carbocycles. The maximum atomic E-state index is 4.13. The summed E-state index contributed by atoms with van der Waals surface area (Å²) in [7, 11) is 6.06. The second-order valence-electron chi connectivity index (χ2n) is 5.65. The first kappa shape index (κ1) is 15.9. The summed E-state index contributed by atoms with van der Waals surface area (Å²) < 4.78 is 0. The number of rotatable bonds is 5. The maximum Gasteiger partial charge on any atom is 0.0615 e. The summed E-state index contributed by atoms with van der Waals surface area (Å²) >= 11 is 1.78. The highest BCUT2D eigenvalue weighted by Gasteiger charge is 2.29. The van der Waals surface area contributed by atoms with Crippen molar-refractivity contribution in [2.24, 2.45) is 0 Å². The third-order valence-electron chi connectivity index (χ3n) is 3.34. The van der Waals surface area contributed by atoms with Gasteiger partial charge in [0.05, 0.1) is 12.6 Å². The van der Waals surface area contributed by atoms with Gasteiger partial charge < -0.3 is 5.32 Å². The van der Waals surface area contributed by atoms with Crippen LogP contribution in [0.4, 0.5) is 0 Å². The van der Waals surface area contributed by atoms with Crippen molar-refractivity contribution in [3.05, 3.63) is 28.5 Å². The van der Waals surface area contributed by atoms with E-state index in [0.29, 0.717) is 6.04 Å². The van der Waals surface area contributed by atoms with Crippen molar-refractivity contribution in [3.63, 3.8) is 0 Å². The van der Waals surface area contributed by atoms with E-state index in [2.05, 4.69) is 52.8 Å². The van der Waals surface area contributed by atoms with Crippen LogP contribution in [0.3, 0.4) is 0 Å². The predicted molar refractivity (Wildman–Crippen MR) is 90.7 cm³/mol. The number of thiophene rings is 1. The lowest BCUT2D eigenvalue weighted by Gasteiger charge is -2.43. The Hall–Kier alpha value is -1.48. The molecular formula is C16H24N4S. The number of nitrogens with zero attached hydrogens (tertiary/aromatic N) is 3. The molecule has 21 heavy (non-hydrogen) atoms. The largest absolute Gasteiger partial charge is 0.379 e. The normalized spacial score (nSPS) is 15.3. The summed E-state index contributed by atoms with van der Waals surface area (Å²) in [6.07, 6.45) is 0. The fourth-order valence-electron chi connectivity index (χ4n) is 2.08. The van der Waals surface area contributed by atoms with Gasteiger partial charge in [-0.3, -0.25) is 9.91 Å². The summed E-state index contributed by atoms with van der Waals surface area (Å²) in [5.41, 5.74) is 1.03. The van der Waals surface area contributed by atoms with E-state index in [1.807, 2.05) is 26.2 Å². The minimum atomic E-state index is 0.456. The van der Waals surface area contributed by atoms with Crippen LogP contribution in [0.25, 0.3) is 5.70 Å². The van der Waals surface area contributed by atoms with Gasteiger partial charge in [0, 0.05) is 41.6 Å². The molecule has 0 saturated carbocycles. The summed E-state index contributed by atoms with van der Waals surface area (Å²) in [5, 5.41) is 7.71. The van der Waals surface area contributed by atoms with E-state index in [1.165, 1.54) is 9.75 Å². The molecule has 1 aromatic rings. The smallest absolute Gasteiger partial charge is 0.0615 e. The van der Waals surface area contributed by atoms with Gasteiger partial charge in [-0.05, 0) is 33.2 Å². The van der Waals surface area contributed by atoms with Crippen molar-refractivity contribution in [3.8, 4) is 12.0 Å². The standard InChI is InChI=1S/C16H24N4S/c1-13-7-8-16(21-13)14(2)17-15-11-20(12-15)19(5)10-6-9-18(3)4/h7-8,15,17H,2,9,11-12H2,1,3-5H3. The van der Waals surface area contributed by atoms with Crippen LogP contribution in [0.2, 0.25) is 0 Å². The Balaban J connectivity index is 1.73. The minimum Gasteiger partial charge on any atom is -0.379 e. The fraction of sp³-hybridized carbons (Fsp3) is 0.500. The molecule has 1 aliphatic rings. The SMILES string of the molecule is C=C(NC1CN(N(C)C#CCN(C)C)C1)c1ccc(C)s1. The monoisotopic (exact) mass is 304 g/mol. The molecule has 4 nitrogen and oxygen atoms in total. The Morgan fingerprint density at radius 1 is 1.43 bits per heavy atom. The number of hydrogen-bond acceptors (Lipinski definition) is 5. The quantitative estimate of drug-likeness (QED) is 0.660. The maximum absolute atomic E-state index is 4.13. The Kier molecular flexibility index (Phi) is 5.29. The highest BCUT2D eigenvalue weighted by atomic mass is 32.1. The zero-order valence-electron chi connectivity index (χ0n) is 13.3. The van der Waals surface area contributed by atoms with E-state index in [4.69, 9.17) is 0 Å². The molecule has 0 radical (unpaired) electrons. The van der Waals surface area contributed by atoms with E-state index in [-0.39, 0.29) is 0 Å². The summed E-state index contributed by atoms with van der Waals surface area (Å²) in [6.45, 7) is 8.98. The molecule has 0 bridgehead atoms. The van der Waals surface area contributed by atoms with E-state index in [1.54, 1.807) is 11.3 Å². The third kappa shape index (κ3) is 4.50. The zero-order chi connectivity index (χ0) is 15.4. The first-order chi connectivity index (χ1) is 9.95. The van der Waals surface area contributed by atoms with Crippen molar-refractivity contribution in [1.82, 2.24) is 20.2 Å². The molecule has 2 rings (SSSR count). The lowest BCUT2D eigenvalue weighted by atomic mass is 10.1. The first-order valence-corrected chi connectivity index (χ1v) is 7.91. The van der Waals surface area contributed by atoms with Gasteiger partial charge in [-0.25, -0.2) is 5.01 Å². The lowest BCUT2D eigenvalue weighted by molar-refractivity contribution is -0.0246. The molecule has 0 aromatic carbocycles. The summed E-state index contributed by atoms with van der Waals surface area (Å²) in [6, 6.07) is 7.86. The number of hydrazine groups is 1. The van der Waals surface area contributed by atoms with Crippen LogP contribution in [0, 0.1) is 18.9 Å². The average molecular weight is 304 g/mol. The molecule has 1 aromatic heterocycles. The molecule has 0 unspecified atom stereocenters. The van der Waals surface area contributed by atoms with Crippen LogP contribution in [0.5, 0.6) is 0 Å². The highest BCUT2D eigenvalue weighted by molar-refractivity contribution is 7.13. The molecular weight excluding hydrogens is 280 g/mol. The number of hydrogen-bond donors (Lipinski definition) is 1. The topological polar surface area (TPSA) is 21.8 Å². The molecule has 1 N–H and O–H groups in total. The lowest BCUT2D eigenvalue weighted by Crippen LogP contribution is -2.61. The minimum absolute atomic E-state index is 0.456. The molecule has 0 spiro atoms. The van der Waals surface area contributed by atoms with Gasteiger partial charge in [-0.2, -0.15) is 0 Å². The molecule has 5 heteroatoms. The first-order valence-electron chi connectivity index (χ1n) is 7.10. The van der Waals surface area contributed by atoms with E-state index >= 15 is 0 Å². The molecule has 2 heterocycles.